The van der Waals surface area contributed by atoms with Crippen molar-refractivity contribution in [3.05, 3.63) is 29.8 Å². The summed E-state index contributed by atoms with van der Waals surface area (Å²) in [6, 6.07) is 7.31. The Bertz CT molecular complexity index is 431. The maximum Gasteiger partial charge on any atom is 0.238 e. The second kappa shape index (κ2) is 7.50. The normalized spacial score (nSPS) is 10.5. The molecule has 1 rings (SSSR count). The van der Waals surface area contributed by atoms with E-state index in [1.807, 2.05) is 19.1 Å². The van der Waals surface area contributed by atoms with Crippen LogP contribution in [-0.4, -0.2) is 36.3 Å². The van der Waals surface area contributed by atoms with Gasteiger partial charge in [0.15, 0.2) is 0 Å². The van der Waals surface area contributed by atoms with Gasteiger partial charge in [-0.1, -0.05) is 19.1 Å². The lowest BCUT2D eigenvalue weighted by molar-refractivity contribution is -0.121. The summed E-state index contributed by atoms with van der Waals surface area (Å²) in [6.45, 7) is 3.14. The first kappa shape index (κ1) is 15.1. The van der Waals surface area contributed by atoms with Gasteiger partial charge >= 0.3 is 0 Å². The quantitative estimate of drug-likeness (QED) is 0.639. The lowest BCUT2D eigenvalue weighted by Gasteiger charge is -2.17. The molecule has 0 aliphatic rings. The molecule has 0 saturated carbocycles. The average Bonchev–Trinajstić information content (AvgIpc) is 2.38. The highest BCUT2D eigenvalue weighted by atomic mass is 16.2. The zero-order valence-electron chi connectivity index (χ0n) is 11.1. The Hall–Kier alpha value is -1.92. The number of carbonyl (C=O) groups is 2. The third kappa shape index (κ3) is 5.50. The second-order valence-electron chi connectivity index (χ2n) is 4.22. The smallest absolute Gasteiger partial charge is 0.238 e. The van der Waals surface area contributed by atoms with Crippen molar-refractivity contribution in [1.29, 1.82) is 0 Å². The number of amides is 2. The second-order valence-corrected chi connectivity index (χ2v) is 4.22. The maximum absolute atomic E-state index is 11.8. The van der Waals surface area contributed by atoms with Crippen LogP contribution in [0.1, 0.15) is 12.5 Å². The summed E-state index contributed by atoms with van der Waals surface area (Å²) in [5, 5.41) is 2.76. The Kier molecular flexibility index (Phi) is 5.98. The molecule has 1 aromatic rings. The Labute approximate surface area is 112 Å². The summed E-state index contributed by atoms with van der Waals surface area (Å²) in [6.07, 6.45) is 0. The fourth-order valence-electron chi connectivity index (χ4n) is 1.63. The topological polar surface area (TPSA) is 101 Å². The molecule has 0 unspecified atom stereocenters. The molecule has 0 radical (unpaired) electrons. The van der Waals surface area contributed by atoms with Crippen LogP contribution in [-0.2, 0) is 16.1 Å². The number of nitrogens with two attached hydrogens (primary N) is 2. The van der Waals surface area contributed by atoms with Gasteiger partial charge in [-0.2, -0.15) is 0 Å². The van der Waals surface area contributed by atoms with Crippen molar-refractivity contribution in [3.8, 4) is 0 Å². The molecule has 6 heteroatoms. The van der Waals surface area contributed by atoms with Gasteiger partial charge in [0.05, 0.1) is 13.1 Å². The molecule has 19 heavy (non-hydrogen) atoms. The summed E-state index contributed by atoms with van der Waals surface area (Å²) in [4.78, 5) is 24.3. The molecule has 5 N–H and O–H groups in total. The summed E-state index contributed by atoms with van der Waals surface area (Å²) in [7, 11) is 0. The number of benzene rings is 1. The van der Waals surface area contributed by atoms with E-state index in [9.17, 15) is 9.59 Å². The van der Waals surface area contributed by atoms with Gasteiger partial charge in [-0.25, -0.2) is 0 Å². The van der Waals surface area contributed by atoms with Crippen molar-refractivity contribution in [2.24, 2.45) is 11.5 Å². The minimum atomic E-state index is -0.443. The molecular weight excluding hydrogens is 244 g/mol. The van der Waals surface area contributed by atoms with Gasteiger partial charge in [-0.15, -0.1) is 0 Å². The highest BCUT2D eigenvalue weighted by molar-refractivity contribution is 5.92. The molecule has 0 aliphatic heterocycles. The molecule has 6 nitrogen and oxygen atoms in total. The number of nitrogens with zero attached hydrogens (tertiary/aromatic N) is 1. The highest BCUT2D eigenvalue weighted by Crippen LogP contribution is 2.09. The van der Waals surface area contributed by atoms with Crippen molar-refractivity contribution in [3.63, 3.8) is 0 Å². The summed E-state index contributed by atoms with van der Waals surface area (Å²) in [5.74, 6) is -0.620. The molecule has 0 saturated heterocycles. The molecule has 0 spiro atoms. The van der Waals surface area contributed by atoms with E-state index in [0.717, 1.165) is 5.56 Å². The largest absolute Gasteiger partial charge is 0.369 e. The van der Waals surface area contributed by atoms with Crippen molar-refractivity contribution >= 4 is 17.5 Å². The summed E-state index contributed by atoms with van der Waals surface area (Å²) in [5.41, 5.74) is 12.3. The zero-order valence-corrected chi connectivity index (χ0v) is 11.1. The maximum atomic E-state index is 11.8. The average molecular weight is 264 g/mol. The monoisotopic (exact) mass is 264 g/mol. The number of primary amides is 1. The Morgan fingerprint density at radius 3 is 2.32 bits per heavy atom. The number of nitrogens with one attached hydrogen (secondary N) is 1. The molecule has 0 bridgehead atoms. The molecule has 2 amide bonds. The van der Waals surface area contributed by atoms with E-state index in [-0.39, 0.29) is 19.0 Å². The number of hydrogen-bond donors (Lipinski definition) is 3. The molecule has 104 valence electrons. The van der Waals surface area contributed by atoms with Crippen LogP contribution in [0.5, 0.6) is 0 Å². The number of likely N-dealkylation sites (N-methyl/N-ethyl adjacent to an activating group) is 1. The van der Waals surface area contributed by atoms with E-state index in [2.05, 4.69) is 5.32 Å². The number of hydrogen-bond acceptors (Lipinski definition) is 4. The molecule has 0 heterocycles. The van der Waals surface area contributed by atoms with Crippen LogP contribution in [0.4, 0.5) is 5.69 Å². The van der Waals surface area contributed by atoms with Crippen LogP contribution in [0.15, 0.2) is 24.3 Å². The molecular formula is C13H20N4O2. The predicted octanol–water partition coefficient (Wildman–Crippen LogP) is -0.109. The Morgan fingerprint density at radius 1 is 1.21 bits per heavy atom. The van der Waals surface area contributed by atoms with Crippen LogP contribution in [0.2, 0.25) is 0 Å². The van der Waals surface area contributed by atoms with Crippen molar-refractivity contribution in [1.82, 2.24) is 4.90 Å². The van der Waals surface area contributed by atoms with E-state index in [4.69, 9.17) is 11.5 Å². The van der Waals surface area contributed by atoms with E-state index in [1.54, 1.807) is 17.0 Å². The zero-order chi connectivity index (χ0) is 14.3. The molecule has 1 aromatic carbocycles. The van der Waals surface area contributed by atoms with E-state index < -0.39 is 5.91 Å². The van der Waals surface area contributed by atoms with Crippen LogP contribution < -0.4 is 16.8 Å². The highest BCUT2D eigenvalue weighted by Gasteiger charge is 2.11. The fraction of sp³-hybridized carbons (Fsp3) is 0.385. The summed E-state index contributed by atoms with van der Waals surface area (Å²) >= 11 is 0. The minimum absolute atomic E-state index is 0.0794. The lowest BCUT2D eigenvalue weighted by Crippen LogP contribution is -2.39. The fourth-order valence-corrected chi connectivity index (χ4v) is 1.63. The van der Waals surface area contributed by atoms with E-state index >= 15 is 0 Å². The SMILES string of the molecule is CCN(CC(N)=O)CC(=O)Nc1ccc(CN)cc1. The van der Waals surface area contributed by atoms with Crippen LogP contribution in [0, 0.1) is 0 Å². The molecule has 0 atom stereocenters. The number of rotatable bonds is 7. The third-order valence-electron chi connectivity index (χ3n) is 2.67. The van der Waals surface area contributed by atoms with Gasteiger partial charge in [0.2, 0.25) is 11.8 Å². The standard InChI is InChI=1S/C13H20N4O2/c1-2-17(8-12(15)18)9-13(19)16-11-5-3-10(7-14)4-6-11/h3-6H,2,7-9,14H2,1H3,(H2,15,18)(H,16,19). The Morgan fingerprint density at radius 2 is 1.84 bits per heavy atom. The minimum Gasteiger partial charge on any atom is -0.369 e. The first-order valence-electron chi connectivity index (χ1n) is 6.14. The van der Waals surface area contributed by atoms with Crippen molar-refractivity contribution in [2.45, 2.75) is 13.5 Å². The van der Waals surface area contributed by atoms with Crippen LogP contribution >= 0.6 is 0 Å². The first-order valence-corrected chi connectivity index (χ1v) is 6.14. The molecule has 0 aromatic heterocycles. The van der Waals surface area contributed by atoms with E-state index in [1.165, 1.54) is 0 Å². The third-order valence-corrected chi connectivity index (χ3v) is 2.67. The predicted molar refractivity (Wildman–Crippen MR) is 74.3 cm³/mol. The van der Waals surface area contributed by atoms with Gasteiger partial charge in [0, 0.05) is 12.2 Å². The first-order chi connectivity index (χ1) is 9.05. The molecule has 0 aliphatic carbocycles. The van der Waals surface area contributed by atoms with Crippen LogP contribution in [0.3, 0.4) is 0 Å². The van der Waals surface area contributed by atoms with Gasteiger partial charge < -0.3 is 16.8 Å². The van der Waals surface area contributed by atoms with Crippen molar-refractivity contribution < 1.29 is 9.59 Å². The number of anilines is 1. The van der Waals surface area contributed by atoms with Gasteiger partial charge in [-0.3, -0.25) is 14.5 Å². The Balaban J connectivity index is 2.51. The van der Waals surface area contributed by atoms with Gasteiger partial charge in [0.25, 0.3) is 0 Å². The van der Waals surface area contributed by atoms with Crippen LogP contribution in [0.25, 0.3) is 0 Å². The van der Waals surface area contributed by atoms with Crippen molar-refractivity contribution in [2.75, 3.05) is 25.0 Å². The summed E-state index contributed by atoms with van der Waals surface area (Å²) < 4.78 is 0. The van der Waals surface area contributed by atoms with Gasteiger partial charge in [-0.05, 0) is 24.2 Å². The lowest BCUT2D eigenvalue weighted by atomic mass is 10.2. The van der Waals surface area contributed by atoms with Gasteiger partial charge in [0.1, 0.15) is 0 Å². The number of carbonyl (C=O) groups excluding carboxylic acids is 2. The molecule has 0 fully saturated rings. The van der Waals surface area contributed by atoms with E-state index in [0.29, 0.717) is 18.8 Å².